The average Bonchev–Trinajstić information content (AvgIpc) is 3.35. The second-order valence-electron chi connectivity index (χ2n) is 7.37. The van der Waals surface area contributed by atoms with Crippen LogP contribution in [0.15, 0.2) is 42.6 Å². The number of halogens is 1. The molecule has 3 N–H and O–H groups in total. The number of ketones is 1. The summed E-state index contributed by atoms with van der Waals surface area (Å²) in [6.45, 7) is 3.85. The number of hydrogen-bond acceptors (Lipinski definition) is 6. The molecule has 0 atom stereocenters. The van der Waals surface area contributed by atoms with Gasteiger partial charge in [-0.2, -0.15) is 10.1 Å². The summed E-state index contributed by atoms with van der Waals surface area (Å²) in [6, 6.07) is 10.0. The molecular weight excluding hydrogens is 387 g/mol. The zero-order valence-electron chi connectivity index (χ0n) is 16.6. The van der Waals surface area contributed by atoms with E-state index in [2.05, 4.69) is 30.7 Å². The Balaban J connectivity index is 1.44. The number of anilines is 2. The van der Waals surface area contributed by atoms with E-state index in [4.69, 9.17) is 4.74 Å². The standard InChI is InChI=1S/C21H21FN6O2/c1-12(2)7-15(29)11-30-16-4-5-17(18(22)9-16)20-25-21(28-27-20)24-14-3-6-19-13(8-14)10-23-26-19/h3-6,8-10,12H,7,11H2,1-2H3,(H,23,26)(H2,24,25,27,28). The van der Waals surface area contributed by atoms with Crippen LogP contribution in [0.3, 0.4) is 0 Å². The number of carbonyl (C=O) groups excluding carboxylic acids is 1. The molecule has 0 unspecified atom stereocenters. The zero-order valence-corrected chi connectivity index (χ0v) is 16.6. The molecule has 8 nitrogen and oxygen atoms in total. The highest BCUT2D eigenvalue weighted by molar-refractivity contribution is 5.82. The topological polar surface area (TPSA) is 109 Å². The summed E-state index contributed by atoms with van der Waals surface area (Å²) in [5.74, 6) is 0.602. The maximum Gasteiger partial charge on any atom is 0.246 e. The zero-order chi connectivity index (χ0) is 21.1. The molecule has 0 amide bonds. The smallest absolute Gasteiger partial charge is 0.246 e. The van der Waals surface area contributed by atoms with Crippen LogP contribution in [0.4, 0.5) is 16.0 Å². The Bertz CT molecular complexity index is 1180. The molecule has 0 saturated carbocycles. The van der Waals surface area contributed by atoms with E-state index in [1.807, 2.05) is 32.0 Å². The molecule has 4 aromatic rings. The molecule has 2 heterocycles. The van der Waals surface area contributed by atoms with E-state index in [-0.39, 0.29) is 29.7 Å². The molecule has 0 fully saturated rings. The van der Waals surface area contributed by atoms with E-state index in [9.17, 15) is 9.18 Å². The van der Waals surface area contributed by atoms with Crippen molar-refractivity contribution in [1.82, 2.24) is 25.4 Å². The molecule has 0 spiro atoms. The van der Waals surface area contributed by atoms with Crippen LogP contribution in [0.5, 0.6) is 5.75 Å². The lowest BCUT2D eigenvalue weighted by molar-refractivity contribution is -0.121. The highest BCUT2D eigenvalue weighted by atomic mass is 19.1. The van der Waals surface area contributed by atoms with Crippen LogP contribution < -0.4 is 10.1 Å². The molecule has 0 aliphatic heterocycles. The minimum Gasteiger partial charge on any atom is -0.486 e. The molecule has 2 aromatic heterocycles. The Kier molecular flexibility index (Phi) is 5.42. The predicted molar refractivity (Wildman–Crippen MR) is 111 cm³/mol. The van der Waals surface area contributed by atoms with Crippen molar-refractivity contribution in [2.45, 2.75) is 20.3 Å². The van der Waals surface area contributed by atoms with E-state index in [1.165, 1.54) is 6.07 Å². The Hall–Kier alpha value is -3.75. The summed E-state index contributed by atoms with van der Waals surface area (Å²) in [4.78, 5) is 16.1. The molecule has 0 aliphatic carbocycles. The first-order valence-electron chi connectivity index (χ1n) is 9.55. The van der Waals surface area contributed by atoms with Crippen LogP contribution in [0.2, 0.25) is 0 Å². The summed E-state index contributed by atoms with van der Waals surface area (Å²) in [5, 5.41) is 17.7. The maximum absolute atomic E-state index is 14.6. The Morgan fingerprint density at radius 3 is 2.87 bits per heavy atom. The van der Waals surface area contributed by atoms with Crippen LogP contribution >= 0.6 is 0 Å². The van der Waals surface area contributed by atoms with Crippen molar-refractivity contribution in [3.05, 3.63) is 48.4 Å². The summed E-state index contributed by atoms with van der Waals surface area (Å²) < 4.78 is 20.0. The van der Waals surface area contributed by atoms with Crippen LogP contribution in [-0.4, -0.2) is 37.8 Å². The van der Waals surface area contributed by atoms with Gasteiger partial charge in [0.2, 0.25) is 5.95 Å². The van der Waals surface area contributed by atoms with Gasteiger partial charge in [0, 0.05) is 23.6 Å². The molecule has 2 aromatic carbocycles. The van der Waals surface area contributed by atoms with Crippen molar-refractivity contribution < 1.29 is 13.9 Å². The van der Waals surface area contributed by atoms with Crippen molar-refractivity contribution in [2.75, 3.05) is 11.9 Å². The van der Waals surface area contributed by atoms with Gasteiger partial charge in [0.05, 0.1) is 17.3 Å². The van der Waals surface area contributed by atoms with Crippen molar-refractivity contribution in [3.8, 4) is 17.1 Å². The van der Waals surface area contributed by atoms with Gasteiger partial charge in [-0.15, -0.1) is 5.10 Å². The largest absolute Gasteiger partial charge is 0.486 e. The molecule has 9 heteroatoms. The van der Waals surface area contributed by atoms with Crippen molar-refractivity contribution >= 4 is 28.3 Å². The van der Waals surface area contributed by atoms with Gasteiger partial charge in [-0.1, -0.05) is 13.8 Å². The molecule has 0 bridgehead atoms. The Morgan fingerprint density at radius 1 is 1.20 bits per heavy atom. The monoisotopic (exact) mass is 408 g/mol. The molecular formula is C21H21FN6O2. The van der Waals surface area contributed by atoms with Crippen molar-refractivity contribution in [1.29, 1.82) is 0 Å². The SMILES string of the molecule is CC(C)CC(=O)COc1ccc(-c2nc(Nc3ccc4[nH]ncc4c3)n[nH]2)c(F)c1. The van der Waals surface area contributed by atoms with E-state index in [0.717, 1.165) is 16.6 Å². The number of ether oxygens (including phenoxy) is 1. The lowest BCUT2D eigenvalue weighted by Gasteiger charge is -2.08. The Morgan fingerprint density at radius 2 is 2.07 bits per heavy atom. The number of fused-ring (bicyclic) bond motifs is 1. The molecule has 0 radical (unpaired) electrons. The minimum atomic E-state index is -0.522. The number of benzene rings is 2. The van der Waals surface area contributed by atoms with Crippen LogP contribution in [0.1, 0.15) is 20.3 Å². The normalized spacial score (nSPS) is 11.2. The summed E-state index contributed by atoms with van der Waals surface area (Å²) in [6.07, 6.45) is 2.15. The highest BCUT2D eigenvalue weighted by Crippen LogP contribution is 2.25. The summed E-state index contributed by atoms with van der Waals surface area (Å²) in [7, 11) is 0. The molecule has 0 saturated heterocycles. The van der Waals surface area contributed by atoms with Gasteiger partial charge in [-0.25, -0.2) is 4.39 Å². The fourth-order valence-electron chi connectivity index (χ4n) is 3.04. The summed E-state index contributed by atoms with van der Waals surface area (Å²) >= 11 is 0. The first-order valence-corrected chi connectivity index (χ1v) is 9.55. The number of nitrogens with one attached hydrogen (secondary N) is 3. The Labute approximate surface area is 171 Å². The van der Waals surface area contributed by atoms with Gasteiger partial charge >= 0.3 is 0 Å². The number of H-pyrrole nitrogens is 2. The fourth-order valence-corrected chi connectivity index (χ4v) is 3.04. The van der Waals surface area contributed by atoms with Crippen LogP contribution in [0.25, 0.3) is 22.3 Å². The molecule has 154 valence electrons. The first-order chi connectivity index (χ1) is 14.5. The van der Waals surface area contributed by atoms with Gasteiger partial charge in [0.25, 0.3) is 0 Å². The number of aromatic nitrogens is 5. The second-order valence-corrected chi connectivity index (χ2v) is 7.37. The lowest BCUT2D eigenvalue weighted by Crippen LogP contribution is -2.13. The van der Waals surface area contributed by atoms with Gasteiger partial charge in [-0.3, -0.25) is 15.0 Å². The molecule has 30 heavy (non-hydrogen) atoms. The van der Waals surface area contributed by atoms with E-state index >= 15 is 0 Å². The van der Waals surface area contributed by atoms with Gasteiger partial charge in [0.1, 0.15) is 18.2 Å². The van der Waals surface area contributed by atoms with Crippen LogP contribution in [-0.2, 0) is 4.79 Å². The van der Waals surface area contributed by atoms with E-state index in [0.29, 0.717) is 18.1 Å². The number of aromatic amines is 2. The third-order valence-electron chi connectivity index (χ3n) is 4.41. The van der Waals surface area contributed by atoms with Gasteiger partial charge in [0.15, 0.2) is 11.6 Å². The van der Waals surface area contributed by atoms with Crippen LogP contribution in [0, 0.1) is 11.7 Å². The van der Waals surface area contributed by atoms with E-state index in [1.54, 1.807) is 18.3 Å². The number of Topliss-reactive ketones (excluding diaryl/α,β-unsaturated/α-hetero) is 1. The van der Waals surface area contributed by atoms with Crippen molar-refractivity contribution in [2.24, 2.45) is 5.92 Å². The quantitative estimate of drug-likeness (QED) is 0.403. The lowest BCUT2D eigenvalue weighted by atomic mass is 10.1. The third kappa shape index (κ3) is 4.45. The number of hydrogen-bond donors (Lipinski definition) is 3. The minimum absolute atomic E-state index is 0.0194. The fraction of sp³-hybridized carbons (Fsp3) is 0.238. The summed E-state index contributed by atoms with van der Waals surface area (Å²) in [5.41, 5.74) is 1.96. The predicted octanol–water partition coefficient (Wildman–Crippen LogP) is 4.22. The van der Waals surface area contributed by atoms with Crippen molar-refractivity contribution in [3.63, 3.8) is 0 Å². The first kappa shape index (κ1) is 19.6. The average molecular weight is 408 g/mol. The van der Waals surface area contributed by atoms with E-state index < -0.39 is 5.82 Å². The van der Waals surface area contributed by atoms with Gasteiger partial charge in [-0.05, 0) is 36.2 Å². The number of rotatable bonds is 8. The third-order valence-corrected chi connectivity index (χ3v) is 4.41. The molecule has 4 rings (SSSR count). The molecule has 0 aliphatic rings. The second kappa shape index (κ2) is 8.32. The number of carbonyl (C=O) groups is 1. The number of nitrogens with zero attached hydrogens (tertiary/aromatic N) is 3. The van der Waals surface area contributed by atoms with Gasteiger partial charge < -0.3 is 10.1 Å². The highest BCUT2D eigenvalue weighted by Gasteiger charge is 2.13. The maximum atomic E-state index is 14.6.